The standard InChI is InChI=1S/C25H27N3O5S/c1-3-33-24(32)25(13-26)14-34-21(22(29)28(25)20-8-9-20)15(2)12-27-19-7-6-16-10-18(23(30)31)5-4-17(16)11-19/h4-7,10-11,15,20-21,27H,3,8-9,12,14H2,1-2H3,(H,30,31). The summed E-state index contributed by atoms with van der Waals surface area (Å²) in [6.07, 6.45) is 1.58. The quantitative estimate of drug-likeness (QED) is 0.550. The van der Waals surface area contributed by atoms with Gasteiger partial charge in [0.05, 0.1) is 17.4 Å². The lowest BCUT2D eigenvalue weighted by Gasteiger charge is -2.44. The van der Waals surface area contributed by atoms with Crippen LogP contribution in [0.1, 0.15) is 37.0 Å². The minimum atomic E-state index is -1.56. The third-order valence-corrected chi connectivity index (χ3v) is 7.92. The van der Waals surface area contributed by atoms with Crippen LogP contribution in [0.2, 0.25) is 0 Å². The molecule has 1 saturated heterocycles. The van der Waals surface area contributed by atoms with Gasteiger partial charge in [-0.25, -0.2) is 9.59 Å². The molecule has 3 atom stereocenters. The van der Waals surface area contributed by atoms with Crippen molar-refractivity contribution >= 4 is 46.1 Å². The molecule has 0 bridgehead atoms. The summed E-state index contributed by atoms with van der Waals surface area (Å²) < 4.78 is 5.18. The Bertz CT molecular complexity index is 1170. The largest absolute Gasteiger partial charge is 0.478 e. The van der Waals surface area contributed by atoms with Crippen LogP contribution in [-0.2, 0) is 14.3 Å². The number of nitrogens with zero attached hydrogens (tertiary/aromatic N) is 2. The van der Waals surface area contributed by atoms with Crippen LogP contribution in [0.3, 0.4) is 0 Å². The first-order chi connectivity index (χ1) is 16.3. The number of carboxylic acid groups (broad SMARTS) is 1. The minimum absolute atomic E-state index is 0.0530. The van der Waals surface area contributed by atoms with Gasteiger partial charge in [-0.2, -0.15) is 5.26 Å². The molecule has 2 N–H and O–H groups in total. The van der Waals surface area contributed by atoms with Gasteiger partial charge >= 0.3 is 11.9 Å². The fraction of sp³-hybridized carbons (Fsp3) is 0.440. The van der Waals surface area contributed by atoms with E-state index in [1.165, 1.54) is 16.7 Å². The number of benzene rings is 2. The Hall–Kier alpha value is -3.25. The zero-order valence-electron chi connectivity index (χ0n) is 19.1. The number of nitrogens with one attached hydrogen (secondary N) is 1. The zero-order chi connectivity index (χ0) is 24.5. The molecule has 34 heavy (non-hydrogen) atoms. The molecule has 0 radical (unpaired) electrons. The van der Waals surface area contributed by atoms with Crippen molar-refractivity contribution in [2.45, 2.75) is 43.5 Å². The van der Waals surface area contributed by atoms with Gasteiger partial charge in [0.1, 0.15) is 6.07 Å². The van der Waals surface area contributed by atoms with E-state index in [2.05, 4.69) is 11.4 Å². The molecule has 0 spiro atoms. The molecular formula is C25H27N3O5S. The summed E-state index contributed by atoms with van der Waals surface area (Å²) in [6, 6.07) is 12.7. The Balaban J connectivity index is 1.46. The van der Waals surface area contributed by atoms with Crippen LogP contribution < -0.4 is 5.32 Å². The van der Waals surface area contributed by atoms with Crippen LogP contribution in [-0.4, -0.2) is 63.6 Å². The summed E-state index contributed by atoms with van der Waals surface area (Å²) in [5, 5.41) is 23.8. The van der Waals surface area contributed by atoms with Gasteiger partial charge in [-0.1, -0.05) is 19.1 Å². The van der Waals surface area contributed by atoms with E-state index < -0.39 is 17.5 Å². The number of nitriles is 1. The van der Waals surface area contributed by atoms with Gasteiger partial charge in [0.2, 0.25) is 11.4 Å². The Morgan fingerprint density at radius 3 is 2.65 bits per heavy atom. The van der Waals surface area contributed by atoms with E-state index in [0.29, 0.717) is 6.54 Å². The van der Waals surface area contributed by atoms with Gasteiger partial charge in [-0.05, 0) is 60.7 Å². The fourth-order valence-electron chi connectivity index (χ4n) is 4.32. The average Bonchev–Trinajstić information content (AvgIpc) is 3.66. The topological polar surface area (TPSA) is 120 Å². The highest BCUT2D eigenvalue weighted by Gasteiger charge is 2.58. The summed E-state index contributed by atoms with van der Waals surface area (Å²) in [5.74, 6) is -1.64. The van der Waals surface area contributed by atoms with Gasteiger partial charge in [-0.3, -0.25) is 4.79 Å². The van der Waals surface area contributed by atoms with Crippen LogP contribution >= 0.6 is 11.8 Å². The Kier molecular flexibility index (Phi) is 6.71. The number of anilines is 1. The Morgan fingerprint density at radius 1 is 1.29 bits per heavy atom. The maximum absolute atomic E-state index is 13.5. The molecular weight excluding hydrogens is 454 g/mol. The van der Waals surface area contributed by atoms with Gasteiger partial charge in [0, 0.05) is 24.0 Å². The number of hydrogen-bond donors (Lipinski definition) is 2. The van der Waals surface area contributed by atoms with Crippen molar-refractivity contribution in [3.63, 3.8) is 0 Å². The molecule has 178 valence electrons. The molecule has 9 heteroatoms. The van der Waals surface area contributed by atoms with E-state index in [0.717, 1.165) is 29.3 Å². The molecule has 2 fully saturated rings. The van der Waals surface area contributed by atoms with Crippen molar-refractivity contribution < 1.29 is 24.2 Å². The molecule has 1 saturated carbocycles. The first-order valence-electron chi connectivity index (χ1n) is 11.3. The van der Waals surface area contributed by atoms with Crippen LogP contribution in [0.4, 0.5) is 5.69 Å². The SMILES string of the molecule is CCOC(=O)C1(C#N)CSC(C(C)CNc2ccc3cc(C(=O)O)ccc3c2)C(=O)N1C1CC1. The molecule has 0 aromatic heterocycles. The third-order valence-electron chi connectivity index (χ3n) is 6.31. The molecule has 4 rings (SSSR count). The second-order valence-electron chi connectivity index (χ2n) is 8.80. The first-order valence-corrected chi connectivity index (χ1v) is 12.4. The number of esters is 1. The number of hydrogen-bond acceptors (Lipinski definition) is 7. The number of aromatic carboxylic acids is 1. The molecule has 1 amide bonds. The van der Waals surface area contributed by atoms with Gasteiger partial charge < -0.3 is 20.1 Å². The molecule has 1 heterocycles. The van der Waals surface area contributed by atoms with Gasteiger partial charge in [0.25, 0.3) is 0 Å². The van der Waals surface area contributed by atoms with E-state index in [4.69, 9.17) is 9.84 Å². The molecule has 2 aromatic rings. The monoisotopic (exact) mass is 481 g/mol. The predicted octanol–water partition coefficient (Wildman–Crippen LogP) is 3.52. The van der Waals surface area contributed by atoms with E-state index in [1.54, 1.807) is 25.1 Å². The first kappa shape index (κ1) is 23.9. The minimum Gasteiger partial charge on any atom is -0.478 e. The number of carbonyl (C=O) groups is 3. The van der Waals surface area contributed by atoms with E-state index in [1.807, 2.05) is 25.1 Å². The zero-order valence-corrected chi connectivity index (χ0v) is 19.9. The average molecular weight is 482 g/mol. The molecule has 3 unspecified atom stereocenters. The van der Waals surface area contributed by atoms with E-state index in [9.17, 15) is 19.6 Å². The highest BCUT2D eigenvalue weighted by Crippen LogP contribution is 2.43. The van der Waals surface area contributed by atoms with Crippen LogP contribution in [0, 0.1) is 17.2 Å². The summed E-state index contributed by atoms with van der Waals surface area (Å²) >= 11 is 1.35. The Morgan fingerprint density at radius 2 is 2.00 bits per heavy atom. The van der Waals surface area contributed by atoms with Crippen molar-refractivity contribution in [1.29, 1.82) is 5.26 Å². The van der Waals surface area contributed by atoms with Crippen molar-refractivity contribution in [1.82, 2.24) is 4.90 Å². The number of carbonyl (C=O) groups excluding carboxylic acids is 2. The summed E-state index contributed by atoms with van der Waals surface area (Å²) in [5.41, 5.74) is -0.450. The van der Waals surface area contributed by atoms with Gasteiger partial charge in [0.15, 0.2) is 0 Å². The molecule has 1 aliphatic heterocycles. The fourth-order valence-corrected chi connectivity index (χ4v) is 5.75. The van der Waals surface area contributed by atoms with Crippen molar-refractivity contribution in [2.24, 2.45) is 5.92 Å². The van der Waals surface area contributed by atoms with Gasteiger partial charge in [-0.15, -0.1) is 11.8 Å². The lowest BCUT2D eigenvalue weighted by molar-refractivity contribution is -0.159. The second-order valence-corrected chi connectivity index (χ2v) is 9.93. The summed E-state index contributed by atoms with van der Waals surface area (Å²) in [6.45, 7) is 4.36. The maximum atomic E-state index is 13.5. The molecule has 2 aliphatic rings. The predicted molar refractivity (Wildman–Crippen MR) is 130 cm³/mol. The normalized spacial score (nSPS) is 23.3. The van der Waals surface area contributed by atoms with Crippen LogP contribution in [0.5, 0.6) is 0 Å². The Labute approximate surface area is 202 Å². The van der Waals surface area contributed by atoms with E-state index >= 15 is 0 Å². The molecule has 2 aromatic carbocycles. The summed E-state index contributed by atoms with van der Waals surface area (Å²) in [7, 11) is 0. The highest BCUT2D eigenvalue weighted by molar-refractivity contribution is 8.00. The van der Waals surface area contributed by atoms with Crippen molar-refractivity contribution in [2.75, 3.05) is 24.2 Å². The second kappa shape index (κ2) is 9.55. The lowest BCUT2D eigenvalue weighted by atomic mass is 9.97. The summed E-state index contributed by atoms with van der Waals surface area (Å²) in [4.78, 5) is 38.8. The molecule has 8 nitrogen and oxygen atoms in total. The highest BCUT2D eigenvalue weighted by atomic mass is 32.2. The van der Waals surface area contributed by atoms with Crippen LogP contribution in [0.25, 0.3) is 10.8 Å². The third kappa shape index (κ3) is 4.42. The lowest BCUT2D eigenvalue weighted by Crippen LogP contribution is -2.65. The van der Waals surface area contributed by atoms with Crippen LogP contribution in [0.15, 0.2) is 36.4 Å². The number of amides is 1. The van der Waals surface area contributed by atoms with Crippen molar-refractivity contribution in [3.05, 3.63) is 42.0 Å². The number of fused-ring (bicyclic) bond motifs is 1. The number of ether oxygens (including phenoxy) is 1. The maximum Gasteiger partial charge on any atom is 0.347 e. The smallest absolute Gasteiger partial charge is 0.347 e. The molecule has 1 aliphatic carbocycles. The number of thioether (sulfide) groups is 1. The number of rotatable bonds is 8. The van der Waals surface area contributed by atoms with Crippen molar-refractivity contribution in [3.8, 4) is 6.07 Å². The number of carboxylic acids is 1. The van der Waals surface area contributed by atoms with E-state index in [-0.39, 0.29) is 41.0 Å².